The molecule has 0 spiro atoms. The molecule has 1 aliphatic rings. The summed E-state index contributed by atoms with van der Waals surface area (Å²) in [6, 6.07) is 0. The Morgan fingerprint density at radius 1 is 0.857 bits per heavy atom. The predicted octanol–water partition coefficient (Wildman–Crippen LogP) is 6.87. The van der Waals surface area contributed by atoms with Crippen molar-refractivity contribution >= 4 is 0 Å². The molecule has 0 N–H and O–H groups in total. The first-order valence-electron chi connectivity index (χ1n) is 9.59. The van der Waals surface area contributed by atoms with E-state index in [4.69, 9.17) is 4.74 Å². The molecular formula is C20H38O. The average Bonchev–Trinajstić information content (AvgIpc) is 2.51. The molecule has 0 aromatic heterocycles. The Labute approximate surface area is 133 Å². The van der Waals surface area contributed by atoms with E-state index in [2.05, 4.69) is 20.4 Å². The van der Waals surface area contributed by atoms with E-state index in [1.54, 1.807) is 0 Å². The average molecular weight is 295 g/mol. The zero-order valence-corrected chi connectivity index (χ0v) is 14.7. The first-order valence-corrected chi connectivity index (χ1v) is 9.59. The van der Waals surface area contributed by atoms with Gasteiger partial charge in [-0.05, 0) is 38.0 Å². The van der Waals surface area contributed by atoms with Crippen LogP contribution in [0.4, 0.5) is 0 Å². The van der Waals surface area contributed by atoms with Crippen LogP contribution >= 0.6 is 0 Å². The van der Waals surface area contributed by atoms with Gasteiger partial charge in [-0.15, -0.1) is 0 Å². The van der Waals surface area contributed by atoms with Gasteiger partial charge >= 0.3 is 0 Å². The van der Waals surface area contributed by atoms with Crippen LogP contribution in [0.2, 0.25) is 0 Å². The summed E-state index contributed by atoms with van der Waals surface area (Å²) >= 11 is 0. The van der Waals surface area contributed by atoms with Crippen molar-refractivity contribution in [2.45, 2.75) is 97.3 Å². The third-order valence-corrected chi connectivity index (χ3v) is 5.05. The summed E-state index contributed by atoms with van der Waals surface area (Å²) in [6.45, 7) is 9.63. The summed E-state index contributed by atoms with van der Waals surface area (Å²) in [6.07, 6.45) is 17.6. The smallest absolute Gasteiger partial charge is 0.0918 e. The van der Waals surface area contributed by atoms with Crippen LogP contribution in [-0.2, 0) is 4.74 Å². The van der Waals surface area contributed by atoms with E-state index in [1.807, 2.05) is 0 Å². The fourth-order valence-electron chi connectivity index (χ4n) is 3.48. The summed E-state index contributed by atoms with van der Waals surface area (Å²) in [5.74, 6) is 2.70. The van der Waals surface area contributed by atoms with Crippen LogP contribution in [0.1, 0.15) is 97.3 Å². The summed E-state index contributed by atoms with van der Waals surface area (Å²) < 4.78 is 5.90. The van der Waals surface area contributed by atoms with E-state index >= 15 is 0 Å². The first kappa shape index (κ1) is 18.6. The molecule has 124 valence electrons. The lowest BCUT2D eigenvalue weighted by molar-refractivity contribution is 0.145. The zero-order chi connectivity index (χ0) is 15.3. The SMILES string of the molecule is C=C(OCCCCCCC)C1CCC(CCCCC)CC1. The molecule has 1 nitrogen and oxygen atoms in total. The van der Waals surface area contributed by atoms with Gasteiger partial charge < -0.3 is 4.74 Å². The van der Waals surface area contributed by atoms with Crippen LogP contribution in [0.25, 0.3) is 0 Å². The largest absolute Gasteiger partial charge is 0.498 e. The minimum Gasteiger partial charge on any atom is -0.498 e. The lowest BCUT2D eigenvalue weighted by Gasteiger charge is -2.29. The van der Waals surface area contributed by atoms with E-state index in [1.165, 1.54) is 83.5 Å². The topological polar surface area (TPSA) is 9.23 Å². The minimum absolute atomic E-state index is 0.642. The van der Waals surface area contributed by atoms with Crippen molar-refractivity contribution in [3.8, 4) is 0 Å². The van der Waals surface area contributed by atoms with Crippen molar-refractivity contribution in [2.24, 2.45) is 11.8 Å². The number of hydrogen-bond donors (Lipinski definition) is 0. The Hall–Kier alpha value is -0.460. The first-order chi connectivity index (χ1) is 10.3. The minimum atomic E-state index is 0.642. The second kappa shape index (κ2) is 12.1. The molecule has 21 heavy (non-hydrogen) atoms. The van der Waals surface area contributed by atoms with Gasteiger partial charge in [0, 0.05) is 5.92 Å². The van der Waals surface area contributed by atoms with Gasteiger partial charge in [-0.3, -0.25) is 0 Å². The second-order valence-electron chi connectivity index (χ2n) is 6.94. The van der Waals surface area contributed by atoms with Gasteiger partial charge in [-0.1, -0.05) is 71.8 Å². The van der Waals surface area contributed by atoms with Crippen LogP contribution in [0, 0.1) is 11.8 Å². The van der Waals surface area contributed by atoms with Gasteiger partial charge in [0.1, 0.15) is 0 Å². The summed E-state index contributed by atoms with van der Waals surface area (Å²) in [5, 5.41) is 0. The van der Waals surface area contributed by atoms with Gasteiger partial charge in [-0.2, -0.15) is 0 Å². The highest BCUT2D eigenvalue weighted by Crippen LogP contribution is 2.35. The van der Waals surface area contributed by atoms with Gasteiger partial charge in [0.2, 0.25) is 0 Å². The second-order valence-corrected chi connectivity index (χ2v) is 6.94. The Bertz CT molecular complexity index is 251. The molecule has 0 radical (unpaired) electrons. The van der Waals surface area contributed by atoms with Crippen molar-refractivity contribution in [1.82, 2.24) is 0 Å². The van der Waals surface area contributed by atoms with E-state index in [9.17, 15) is 0 Å². The molecule has 0 atom stereocenters. The molecule has 1 aliphatic carbocycles. The number of unbranched alkanes of at least 4 members (excludes halogenated alkanes) is 6. The zero-order valence-electron chi connectivity index (χ0n) is 14.7. The summed E-state index contributed by atoms with van der Waals surface area (Å²) in [5.41, 5.74) is 0. The van der Waals surface area contributed by atoms with Crippen LogP contribution < -0.4 is 0 Å². The normalized spacial score (nSPS) is 22.2. The number of rotatable bonds is 12. The van der Waals surface area contributed by atoms with Crippen molar-refractivity contribution < 1.29 is 4.74 Å². The standard InChI is InChI=1S/C20H38O/c1-4-6-8-9-11-17-21-18(3)20-15-13-19(14-16-20)12-10-7-5-2/h19-20H,3-17H2,1-2H3. The third-order valence-electron chi connectivity index (χ3n) is 5.05. The number of hydrogen-bond acceptors (Lipinski definition) is 1. The van der Waals surface area contributed by atoms with Crippen LogP contribution in [0.15, 0.2) is 12.3 Å². The highest BCUT2D eigenvalue weighted by molar-refractivity contribution is 4.93. The molecule has 0 unspecified atom stereocenters. The van der Waals surface area contributed by atoms with Crippen molar-refractivity contribution in [3.63, 3.8) is 0 Å². The van der Waals surface area contributed by atoms with E-state index in [0.717, 1.165) is 18.3 Å². The Morgan fingerprint density at radius 3 is 2.14 bits per heavy atom. The van der Waals surface area contributed by atoms with Crippen LogP contribution in [-0.4, -0.2) is 6.61 Å². The predicted molar refractivity (Wildman–Crippen MR) is 93.4 cm³/mol. The molecule has 0 amide bonds. The van der Waals surface area contributed by atoms with Gasteiger partial charge in [0.05, 0.1) is 12.4 Å². The Balaban J connectivity index is 2.03. The molecule has 0 saturated heterocycles. The number of ether oxygens (including phenoxy) is 1. The number of allylic oxidation sites excluding steroid dienone is 1. The fourth-order valence-corrected chi connectivity index (χ4v) is 3.48. The molecule has 1 heteroatoms. The summed E-state index contributed by atoms with van der Waals surface area (Å²) in [7, 11) is 0. The molecular weight excluding hydrogens is 256 g/mol. The van der Waals surface area contributed by atoms with Crippen LogP contribution in [0.5, 0.6) is 0 Å². The summed E-state index contributed by atoms with van der Waals surface area (Å²) in [4.78, 5) is 0. The maximum atomic E-state index is 5.90. The lowest BCUT2D eigenvalue weighted by atomic mass is 9.79. The molecule has 1 fully saturated rings. The maximum Gasteiger partial charge on any atom is 0.0918 e. The quantitative estimate of drug-likeness (QED) is 0.282. The van der Waals surface area contributed by atoms with Crippen molar-refractivity contribution in [2.75, 3.05) is 6.61 Å². The maximum absolute atomic E-state index is 5.90. The molecule has 0 aromatic carbocycles. The van der Waals surface area contributed by atoms with E-state index in [-0.39, 0.29) is 0 Å². The van der Waals surface area contributed by atoms with E-state index in [0.29, 0.717) is 5.92 Å². The Morgan fingerprint density at radius 2 is 1.48 bits per heavy atom. The van der Waals surface area contributed by atoms with E-state index < -0.39 is 0 Å². The highest BCUT2D eigenvalue weighted by atomic mass is 16.5. The molecule has 0 aromatic rings. The van der Waals surface area contributed by atoms with Crippen molar-refractivity contribution in [1.29, 1.82) is 0 Å². The van der Waals surface area contributed by atoms with Gasteiger partial charge in [0.25, 0.3) is 0 Å². The third kappa shape index (κ3) is 8.53. The van der Waals surface area contributed by atoms with Gasteiger partial charge in [0.15, 0.2) is 0 Å². The molecule has 1 rings (SSSR count). The van der Waals surface area contributed by atoms with Gasteiger partial charge in [-0.25, -0.2) is 0 Å². The van der Waals surface area contributed by atoms with Crippen molar-refractivity contribution in [3.05, 3.63) is 12.3 Å². The van der Waals surface area contributed by atoms with Crippen LogP contribution in [0.3, 0.4) is 0 Å². The molecule has 1 saturated carbocycles. The monoisotopic (exact) mass is 294 g/mol. The fraction of sp³-hybridized carbons (Fsp3) is 0.900. The highest BCUT2D eigenvalue weighted by Gasteiger charge is 2.23. The molecule has 0 bridgehead atoms. The Kier molecular flexibility index (Phi) is 10.7. The molecule has 0 aliphatic heterocycles. The lowest BCUT2D eigenvalue weighted by Crippen LogP contribution is -2.17. The molecule has 0 heterocycles.